The lowest BCUT2D eigenvalue weighted by Gasteiger charge is -2.00. The van der Waals surface area contributed by atoms with Crippen LogP contribution in [0.5, 0.6) is 0 Å². The Morgan fingerprint density at radius 1 is 1.60 bits per heavy atom. The molecule has 10 heavy (non-hydrogen) atoms. The lowest BCUT2D eigenvalue weighted by molar-refractivity contribution is -0.143. The van der Waals surface area contributed by atoms with Gasteiger partial charge >= 0.3 is 5.97 Å². The summed E-state index contributed by atoms with van der Waals surface area (Å²) < 4.78 is 4.85. The van der Waals surface area contributed by atoms with Gasteiger partial charge in [0.2, 0.25) is 0 Å². The first-order valence-electron chi connectivity index (χ1n) is 3.74. The summed E-state index contributed by atoms with van der Waals surface area (Å²) in [5.74, 6) is -0.0793. The van der Waals surface area contributed by atoms with Crippen LogP contribution in [0.3, 0.4) is 0 Å². The van der Waals surface area contributed by atoms with Gasteiger partial charge in [-0.2, -0.15) is 0 Å². The molecule has 0 aromatic heterocycles. The molecule has 0 unspecified atom stereocenters. The number of ether oxygens (including phenoxy) is 1. The SMILES string of the molecule is C[CH]CCOC(=O)CCC. The van der Waals surface area contributed by atoms with Crippen molar-refractivity contribution in [1.82, 2.24) is 0 Å². The summed E-state index contributed by atoms with van der Waals surface area (Å²) >= 11 is 0. The van der Waals surface area contributed by atoms with Crippen LogP contribution in [0.1, 0.15) is 33.1 Å². The van der Waals surface area contributed by atoms with Crippen molar-refractivity contribution in [3.05, 3.63) is 6.42 Å². The van der Waals surface area contributed by atoms with E-state index < -0.39 is 0 Å². The van der Waals surface area contributed by atoms with Crippen molar-refractivity contribution >= 4 is 5.97 Å². The molecule has 2 nitrogen and oxygen atoms in total. The third-order valence-corrected chi connectivity index (χ3v) is 1.12. The highest BCUT2D eigenvalue weighted by molar-refractivity contribution is 5.69. The van der Waals surface area contributed by atoms with E-state index in [9.17, 15) is 4.79 Å². The average molecular weight is 143 g/mol. The highest BCUT2D eigenvalue weighted by atomic mass is 16.5. The summed E-state index contributed by atoms with van der Waals surface area (Å²) in [6, 6.07) is 0. The first-order valence-corrected chi connectivity index (χ1v) is 3.74. The predicted molar refractivity (Wildman–Crippen MR) is 40.5 cm³/mol. The van der Waals surface area contributed by atoms with Crippen LogP contribution in [-0.2, 0) is 9.53 Å². The standard InChI is InChI=1S/C8H15O2/c1-3-5-7-10-8(9)6-4-2/h3H,4-7H2,1-2H3. The Kier molecular flexibility index (Phi) is 6.24. The molecule has 0 aliphatic carbocycles. The topological polar surface area (TPSA) is 26.3 Å². The Balaban J connectivity index is 3.05. The van der Waals surface area contributed by atoms with Crippen molar-refractivity contribution in [3.8, 4) is 0 Å². The van der Waals surface area contributed by atoms with E-state index in [4.69, 9.17) is 4.74 Å². The number of carbonyl (C=O) groups excluding carboxylic acids is 1. The number of hydrogen-bond acceptors (Lipinski definition) is 2. The van der Waals surface area contributed by atoms with E-state index in [1.165, 1.54) is 0 Å². The number of hydrogen-bond donors (Lipinski definition) is 0. The average Bonchev–Trinajstić information content (AvgIpc) is 1.89. The van der Waals surface area contributed by atoms with Crippen LogP contribution in [0.2, 0.25) is 0 Å². The van der Waals surface area contributed by atoms with Crippen molar-refractivity contribution in [2.45, 2.75) is 33.1 Å². The Labute approximate surface area is 62.6 Å². The van der Waals surface area contributed by atoms with E-state index in [-0.39, 0.29) is 5.97 Å². The Bertz CT molecular complexity index is 89.3. The maximum Gasteiger partial charge on any atom is 0.305 e. The van der Waals surface area contributed by atoms with Gasteiger partial charge in [-0.25, -0.2) is 0 Å². The van der Waals surface area contributed by atoms with Gasteiger partial charge in [-0.1, -0.05) is 13.8 Å². The minimum atomic E-state index is -0.0793. The molecule has 0 aliphatic heterocycles. The molecule has 0 bridgehead atoms. The largest absolute Gasteiger partial charge is 0.466 e. The van der Waals surface area contributed by atoms with Gasteiger partial charge in [0, 0.05) is 6.42 Å². The van der Waals surface area contributed by atoms with Gasteiger partial charge in [0.1, 0.15) is 0 Å². The summed E-state index contributed by atoms with van der Waals surface area (Å²) in [7, 11) is 0. The fourth-order valence-electron chi connectivity index (χ4n) is 0.567. The molecule has 0 aromatic rings. The molecule has 59 valence electrons. The highest BCUT2D eigenvalue weighted by Gasteiger charge is 1.97. The van der Waals surface area contributed by atoms with E-state index in [0.29, 0.717) is 13.0 Å². The second-order valence-corrected chi connectivity index (χ2v) is 2.17. The minimum Gasteiger partial charge on any atom is -0.466 e. The van der Waals surface area contributed by atoms with Crippen molar-refractivity contribution in [2.24, 2.45) is 0 Å². The maximum absolute atomic E-state index is 10.7. The molecule has 0 amide bonds. The van der Waals surface area contributed by atoms with E-state index in [0.717, 1.165) is 12.8 Å². The summed E-state index contributed by atoms with van der Waals surface area (Å²) in [6.45, 7) is 4.45. The van der Waals surface area contributed by atoms with Gasteiger partial charge in [-0.3, -0.25) is 4.79 Å². The quantitative estimate of drug-likeness (QED) is 0.434. The number of esters is 1. The van der Waals surface area contributed by atoms with Gasteiger partial charge in [0.15, 0.2) is 0 Å². The fourth-order valence-corrected chi connectivity index (χ4v) is 0.567. The molecular weight excluding hydrogens is 128 g/mol. The zero-order valence-electron chi connectivity index (χ0n) is 6.72. The molecule has 0 saturated carbocycles. The molecule has 0 spiro atoms. The van der Waals surface area contributed by atoms with Crippen LogP contribution in [0, 0.1) is 6.42 Å². The molecule has 0 aliphatic rings. The van der Waals surface area contributed by atoms with Gasteiger partial charge in [0.05, 0.1) is 6.61 Å². The van der Waals surface area contributed by atoms with Crippen molar-refractivity contribution in [2.75, 3.05) is 6.61 Å². The van der Waals surface area contributed by atoms with Crippen LogP contribution in [0.4, 0.5) is 0 Å². The summed E-state index contributed by atoms with van der Waals surface area (Å²) in [4.78, 5) is 10.7. The van der Waals surface area contributed by atoms with E-state index in [2.05, 4.69) is 0 Å². The van der Waals surface area contributed by atoms with E-state index >= 15 is 0 Å². The highest BCUT2D eigenvalue weighted by Crippen LogP contribution is 1.93. The maximum atomic E-state index is 10.7. The van der Waals surface area contributed by atoms with Crippen LogP contribution >= 0.6 is 0 Å². The smallest absolute Gasteiger partial charge is 0.305 e. The lowest BCUT2D eigenvalue weighted by atomic mass is 10.3. The Hall–Kier alpha value is -0.530. The molecule has 0 fully saturated rings. The van der Waals surface area contributed by atoms with Gasteiger partial charge in [-0.05, 0) is 19.3 Å². The minimum absolute atomic E-state index is 0.0793. The first kappa shape index (κ1) is 9.47. The number of carbonyl (C=O) groups is 1. The molecule has 0 rings (SSSR count). The molecule has 0 aromatic carbocycles. The summed E-state index contributed by atoms with van der Waals surface area (Å²) in [6.07, 6.45) is 4.26. The molecule has 0 saturated heterocycles. The molecule has 2 heteroatoms. The van der Waals surface area contributed by atoms with Crippen molar-refractivity contribution in [3.63, 3.8) is 0 Å². The number of rotatable bonds is 5. The van der Waals surface area contributed by atoms with Crippen LogP contribution < -0.4 is 0 Å². The van der Waals surface area contributed by atoms with Gasteiger partial charge < -0.3 is 4.74 Å². The predicted octanol–water partition coefficient (Wildman–Crippen LogP) is 1.94. The molecular formula is C8H15O2. The van der Waals surface area contributed by atoms with Gasteiger partial charge in [0.25, 0.3) is 0 Å². The second-order valence-electron chi connectivity index (χ2n) is 2.17. The molecule has 0 heterocycles. The van der Waals surface area contributed by atoms with Crippen molar-refractivity contribution in [1.29, 1.82) is 0 Å². The summed E-state index contributed by atoms with van der Waals surface area (Å²) in [5.41, 5.74) is 0. The van der Waals surface area contributed by atoms with E-state index in [1.807, 2.05) is 20.3 Å². The zero-order chi connectivity index (χ0) is 7.82. The fraction of sp³-hybridized carbons (Fsp3) is 0.750. The number of unbranched alkanes of at least 4 members (excludes halogenated alkanes) is 1. The van der Waals surface area contributed by atoms with Crippen LogP contribution in [-0.4, -0.2) is 12.6 Å². The third kappa shape index (κ3) is 5.60. The first-order chi connectivity index (χ1) is 4.81. The van der Waals surface area contributed by atoms with Gasteiger partial charge in [-0.15, -0.1) is 0 Å². The normalized spacial score (nSPS) is 9.40. The van der Waals surface area contributed by atoms with Crippen molar-refractivity contribution < 1.29 is 9.53 Å². The summed E-state index contributed by atoms with van der Waals surface area (Å²) in [5, 5.41) is 0. The Morgan fingerprint density at radius 2 is 2.30 bits per heavy atom. The third-order valence-electron chi connectivity index (χ3n) is 1.12. The monoisotopic (exact) mass is 143 g/mol. The second kappa shape index (κ2) is 6.59. The molecule has 0 atom stereocenters. The molecule has 0 N–H and O–H groups in total. The molecule has 1 radical (unpaired) electrons. The Morgan fingerprint density at radius 3 is 2.80 bits per heavy atom. The zero-order valence-corrected chi connectivity index (χ0v) is 6.72. The van der Waals surface area contributed by atoms with Crippen LogP contribution in [0.15, 0.2) is 0 Å². The lowest BCUT2D eigenvalue weighted by Crippen LogP contribution is -2.04. The van der Waals surface area contributed by atoms with E-state index in [1.54, 1.807) is 0 Å². The van der Waals surface area contributed by atoms with Crippen LogP contribution in [0.25, 0.3) is 0 Å².